The standard InChI is InChI=1S/C15H20O9/c1-21-9-5-7(14(20)22-2)3-4-8(9)23-15-13(19)12(18)11(17)10(6-16)24-15/h3-5,10-13,15-19H,6H2,1-2H3/t10-,11-,12-,13-,15-/m1/s1. The van der Waals surface area contributed by atoms with Crippen LogP contribution in [0.25, 0.3) is 0 Å². The van der Waals surface area contributed by atoms with Crippen LogP contribution in [0, 0.1) is 0 Å². The molecule has 0 bridgehead atoms. The maximum atomic E-state index is 11.5. The number of ether oxygens (including phenoxy) is 4. The minimum Gasteiger partial charge on any atom is -0.493 e. The molecule has 1 aromatic rings. The van der Waals surface area contributed by atoms with Gasteiger partial charge in [-0.25, -0.2) is 4.79 Å². The lowest BCUT2D eigenvalue weighted by Gasteiger charge is -2.39. The molecule has 0 aliphatic carbocycles. The number of hydrogen-bond acceptors (Lipinski definition) is 9. The monoisotopic (exact) mass is 344 g/mol. The zero-order valence-corrected chi connectivity index (χ0v) is 13.2. The van der Waals surface area contributed by atoms with Crippen LogP contribution in [0.15, 0.2) is 18.2 Å². The van der Waals surface area contributed by atoms with E-state index < -0.39 is 43.3 Å². The Morgan fingerprint density at radius 1 is 1.12 bits per heavy atom. The highest BCUT2D eigenvalue weighted by Crippen LogP contribution is 2.32. The molecule has 5 atom stereocenters. The van der Waals surface area contributed by atoms with Crippen molar-refractivity contribution in [3.05, 3.63) is 23.8 Å². The van der Waals surface area contributed by atoms with E-state index in [1.165, 1.54) is 32.4 Å². The van der Waals surface area contributed by atoms with Gasteiger partial charge in [-0.05, 0) is 18.2 Å². The number of carbonyl (C=O) groups is 1. The summed E-state index contributed by atoms with van der Waals surface area (Å²) < 4.78 is 20.5. The number of esters is 1. The van der Waals surface area contributed by atoms with E-state index in [1.54, 1.807) is 0 Å². The van der Waals surface area contributed by atoms with Crippen LogP contribution in [0.3, 0.4) is 0 Å². The third-order valence-electron chi connectivity index (χ3n) is 3.68. The highest BCUT2D eigenvalue weighted by Gasteiger charge is 2.44. The Bertz CT molecular complexity index is 574. The quantitative estimate of drug-likeness (QED) is 0.479. The first-order valence-corrected chi connectivity index (χ1v) is 7.16. The molecule has 1 aliphatic rings. The van der Waals surface area contributed by atoms with Crippen molar-refractivity contribution in [3.8, 4) is 11.5 Å². The Morgan fingerprint density at radius 2 is 1.83 bits per heavy atom. The first-order chi connectivity index (χ1) is 11.4. The van der Waals surface area contributed by atoms with Gasteiger partial charge in [-0.3, -0.25) is 0 Å². The molecule has 1 aliphatic heterocycles. The smallest absolute Gasteiger partial charge is 0.337 e. The lowest BCUT2D eigenvalue weighted by molar-refractivity contribution is -0.277. The number of aliphatic hydroxyl groups excluding tert-OH is 4. The molecule has 9 heteroatoms. The number of benzene rings is 1. The second-order valence-corrected chi connectivity index (χ2v) is 5.17. The van der Waals surface area contributed by atoms with E-state index in [-0.39, 0.29) is 17.1 Å². The molecule has 1 aromatic carbocycles. The number of methoxy groups -OCH3 is 2. The van der Waals surface area contributed by atoms with E-state index in [2.05, 4.69) is 4.74 Å². The van der Waals surface area contributed by atoms with Crippen molar-refractivity contribution in [3.63, 3.8) is 0 Å². The molecule has 0 amide bonds. The topological polar surface area (TPSA) is 135 Å². The van der Waals surface area contributed by atoms with Crippen molar-refractivity contribution < 1.29 is 44.2 Å². The summed E-state index contributed by atoms with van der Waals surface area (Å²) in [5.41, 5.74) is 0.232. The summed E-state index contributed by atoms with van der Waals surface area (Å²) in [6.45, 7) is -0.566. The first kappa shape index (κ1) is 18.4. The predicted molar refractivity (Wildman–Crippen MR) is 78.7 cm³/mol. The number of hydrogen-bond donors (Lipinski definition) is 4. The van der Waals surface area contributed by atoms with Gasteiger partial charge < -0.3 is 39.4 Å². The van der Waals surface area contributed by atoms with Crippen molar-refractivity contribution in [2.24, 2.45) is 0 Å². The van der Waals surface area contributed by atoms with Crippen LogP contribution in [0.1, 0.15) is 10.4 Å². The number of aliphatic hydroxyl groups is 4. The molecule has 0 saturated carbocycles. The molecular formula is C15H20O9. The van der Waals surface area contributed by atoms with Gasteiger partial charge >= 0.3 is 5.97 Å². The van der Waals surface area contributed by atoms with E-state index in [0.717, 1.165) is 0 Å². The summed E-state index contributed by atoms with van der Waals surface area (Å²) >= 11 is 0. The average Bonchev–Trinajstić information content (AvgIpc) is 2.61. The zero-order valence-electron chi connectivity index (χ0n) is 13.2. The number of rotatable bonds is 5. The molecule has 9 nitrogen and oxygen atoms in total. The van der Waals surface area contributed by atoms with E-state index in [9.17, 15) is 20.1 Å². The molecule has 2 rings (SSSR count). The van der Waals surface area contributed by atoms with Gasteiger partial charge in [0.15, 0.2) is 11.5 Å². The summed E-state index contributed by atoms with van der Waals surface area (Å²) in [6.07, 6.45) is -7.02. The van der Waals surface area contributed by atoms with Gasteiger partial charge in [0, 0.05) is 0 Å². The molecule has 1 saturated heterocycles. The van der Waals surface area contributed by atoms with Gasteiger partial charge in [0.2, 0.25) is 6.29 Å². The summed E-state index contributed by atoms with van der Waals surface area (Å²) in [5, 5.41) is 38.6. The maximum Gasteiger partial charge on any atom is 0.337 e. The van der Waals surface area contributed by atoms with Crippen LogP contribution in [-0.2, 0) is 9.47 Å². The van der Waals surface area contributed by atoms with E-state index in [0.29, 0.717) is 0 Å². The Kier molecular flexibility index (Phi) is 5.97. The third-order valence-corrected chi connectivity index (χ3v) is 3.68. The molecule has 4 N–H and O–H groups in total. The van der Waals surface area contributed by atoms with Gasteiger partial charge in [0.1, 0.15) is 24.4 Å². The molecule has 0 spiro atoms. The van der Waals surface area contributed by atoms with Gasteiger partial charge in [-0.1, -0.05) is 0 Å². The van der Waals surface area contributed by atoms with Crippen molar-refractivity contribution >= 4 is 5.97 Å². The summed E-state index contributed by atoms with van der Waals surface area (Å²) in [7, 11) is 2.60. The van der Waals surface area contributed by atoms with Crippen LogP contribution < -0.4 is 9.47 Å². The molecule has 0 aromatic heterocycles. The maximum absolute atomic E-state index is 11.5. The molecule has 24 heavy (non-hydrogen) atoms. The first-order valence-electron chi connectivity index (χ1n) is 7.16. The average molecular weight is 344 g/mol. The Balaban J connectivity index is 2.21. The fourth-order valence-electron chi connectivity index (χ4n) is 2.30. The normalized spacial score (nSPS) is 29.8. The largest absolute Gasteiger partial charge is 0.493 e. The summed E-state index contributed by atoms with van der Waals surface area (Å²) in [6, 6.07) is 4.21. The predicted octanol–water partition coefficient (Wildman–Crippen LogP) is -1.34. The third kappa shape index (κ3) is 3.60. The molecule has 0 unspecified atom stereocenters. The Morgan fingerprint density at radius 3 is 2.42 bits per heavy atom. The second kappa shape index (κ2) is 7.77. The van der Waals surface area contributed by atoms with Crippen molar-refractivity contribution in [1.82, 2.24) is 0 Å². The van der Waals surface area contributed by atoms with Gasteiger partial charge in [0.05, 0.1) is 26.4 Å². The molecule has 0 radical (unpaired) electrons. The molecular weight excluding hydrogens is 324 g/mol. The lowest BCUT2D eigenvalue weighted by Crippen LogP contribution is -2.60. The SMILES string of the molecule is COC(=O)c1ccc(O[C@@H]2O[C@H](CO)[C@@H](O)[C@@H](O)[C@H]2O)c(OC)c1. The van der Waals surface area contributed by atoms with E-state index in [1.807, 2.05) is 0 Å². The Labute approximate surface area is 138 Å². The van der Waals surface area contributed by atoms with Crippen molar-refractivity contribution in [1.29, 1.82) is 0 Å². The van der Waals surface area contributed by atoms with Gasteiger partial charge in [0.25, 0.3) is 0 Å². The van der Waals surface area contributed by atoms with Crippen molar-refractivity contribution in [2.45, 2.75) is 30.7 Å². The molecule has 1 heterocycles. The summed E-state index contributed by atoms with van der Waals surface area (Å²) in [5.74, 6) is -0.253. The van der Waals surface area contributed by atoms with E-state index >= 15 is 0 Å². The minimum absolute atomic E-state index is 0.134. The van der Waals surface area contributed by atoms with Gasteiger partial charge in [-0.2, -0.15) is 0 Å². The van der Waals surface area contributed by atoms with Crippen LogP contribution in [0.5, 0.6) is 11.5 Å². The minimum atomic E-state index is -1.55. The molecule has 1 fully saturated rings. The van der Waals surface area contributed by atoms with Crippen molar-refractivity contribution in [2.75, 3.05) is 20.8 Å². The van der Waals surface area contributed by atoms with Gasteiger partial charge in [-0.15, -0.1) is 0 Å². The highest BCUT2D eigenvalue weighted by molar-refractivity contribution is 5.90. The second-order valence-electron chi connectivity index (χ2n) is 5.17. The van der Waals surface area contributed by atoms with Crippen LogP contribution in [-0.4, -0.2) is 77.9 Å². The Hall–Kier alpha value is -1.91. The molecule has 134 valence electrons. The fraction of sp³-hybridized carbons (Fsp3) is 0.533. The highest BCUT2D eigenvalue weighted by atomic mass is 16.7. The van der Waals surface area contributed by atoms with Crippen LogP contribution in [0.2, 0.25) is 0 Å². The number of carbonyl (C=O) groups excluding carboxylic acids is 1. The zero-order chi connectivity index (χ0) is 17.9. The summed E-state index contributed by atoms with van der Waals surface area (Å²) in [4.78, 5) is 11.5. The van der Waals surface area contributed by atoms with E-state index in [4.69, 9.17) is 19.3 Å². The van der Waals surface area contributed by atoms with Crippen LogP contribution >= 0.6 is 0 Å². The van der Waals surface area contributed by atoms with Crippen LogP contribution in [0.4, 0.5) is 0 Å². The fourth-order valence-corrected chi connectivity index (χ4v) is 2.30. The lowest BCUT2D eigenvalue weighted by atomic mass is 9.99.